The van der Waals surface area contributed by atoms with E-state index in [9.17, 15) is 4.79 Å². The standard InChI is InChI=1S/C10H6BrClN2O/c11-10-6(2-1-3-7(10)12)8-4-5-9(15)14-13-8/h1-5H,(H,14,15). The Hall–Kier alpha value is -1.13. The number of nitrogens with one attached hydrogen (secondary N) is 1. The van der Waals surface area contributed by atoms with E-state index in [0.717, 1.165) is 10.0 Å². The van der Waals surface area contributed by atoms with Gasteiger partial charge in [-0.05, 0) is 28.1 Å². The van der Waals surface area contributed by atoms with E-state index in [0.29, 0.717) is 10.7 Å². The SMILES string of the molecule is O=c1ccc(-c2cccc(Cl)c2Br)n[nH]1. The normalized spacial score (nSPS) is 10.3. The van der Waals surface area contributed by atoms with E-state index in [2.05, 4.69) is 26.1 Å². The summed E-state index contributed by atoms with van der Waals surface area (Å²) in [7, 11) is 0. The van der Waals surface area contributed by atoms with Crippen molar-refractivity contribution in [3.05, 3.63) is 50.2 Å². The molecule has 1 heterocycles. The number of aromatic nitrogens is 2. The van der Waals surface area contributed by atoms with E-state index in [-0.39, 0.29) is 5.56 Å². The van der Waals surface area contributed by atoms with Gasteiger partial charge in [0.15, 0.2) is 0 Å². The average molecular weight is 286 g/mol. The number of hydrogen-bond donors (Lipinski definition) is 1. The van der Waals surface area contributed by atoms with Gasteiger partial charge in [0.2, 0.25) is 0 Å². The Morgan fingerprint density at radius 2 is 2.07 bits per heavy atom. The molecule has 0 spiro atoms. The molecule has 0 bridgehead atoms. The first-order valence-electron chi connectivity index (χ1n) is 4.18. The third kappa shape index (κ3) is 2.11. The first-order chi connectivity index (χ1) is 7.18. The number of H-pyrrole nitrogens is 1. The topological polar surface area (TPSA) is 45.8 Å². The molecule has 76 valence electrons. The zero-order chi connectivity index (χ0) is 10.8. The highest BCUT2D eigenvalue weighted by Gasteiger charge is 2.06. The predicted molar refractivity (Wildman–Crippen MR) is 63.0 cm³/mol. The molecule has 0 unspecified atom stereocenters. The zero-order valence-corrected chi connectivity index (χ0v) is 9.84. The van der Waals surface area contributed by atoms with Crippen molar-refractivity contribution >= 4 is 27.5 Å². The van der Waals surface area contributed by atoms with Crippen molar-refractivity contribution in [1.82, 2.24) is 10.2 Å². The molecular formula is C10H6BrClN2O. The highest BCUT2D eigenvalue weighted by Crippen LogP contribution is 2.31. The molecule has 0 saturated carbocycles. The zero-order valence-electron chi connectivity index (χ0n) is 7.50. The van der Waals surface area contributed by atoms with Crippen molar-refractivity contribution < 1.29 is 0 Å². The third-order valence-electron chi connectivity index (χ3n) is 1.91. The molecule has 0 aliphatic carbocycles. The Balaban J connectivity index is 2.59. The van der Waals surface area contributed by atoms with Gasteiger partial charge in [0.1, 0.15) is 0 Å². The molecule has 0 amide bonds. The molecule has 0 saturated heterocycles. The van der Waals surface area contributed by atoms with Gasteiger partial charge >= 0.3 is 0 Å². The molecule has 0 fully saturated rings. The summed E-state index contributed by atoms with van der Waals surface area (Å²) in [5.74, 6) is 0. The Kier molecular flexibility index (Phi) is 2.88. The molecule has 0 aliphatic rings. The number of nitrogens with zero attached hydrogens (tertiary/aromatic N) is 1. The van der Waals surface area contributed by atoms with Crippen LogP contribution in [-0.4, -0.2) is 10.2 Å². The van der Waals surface area contributed by atoms with Crippen LogP contribution in [0, 0.1) is 0 Å². The minimum Gasteiger partial charge on any atom is -0.268 e. The minimum atomic E-state index is -0.225. The van der Waals surface area contributed by atoms with Crippen molar-refractivity contribution in [2.75, 3.05) is 0 Å². The summed E-state index contributed by atoms with van der Waals surface area (Å²) in [5.41, 5.74) is 1.29. The Bertz CT molecular complexity index is 533. The number of halogens is 2. The number of benzene rings is 1. The second-order valence-corrected chi connectivity index (χ2v) is 4.11. The van der Waals surface area contributed by atoms with Crippen LogP contribution < -0.4 is 5.56 Å². The third-order valence-corrected chi connectivity index (χ3v) is 3.30. The molecule has 0 atom stereocenters. The summed E-state index contributed by atoms with van der Waals surface area (Å²) in [4.78, 5) is 10.8. The lowest BCUT2D eigenvalue weighted by molar-refractivity contribution is 0.995. The lowest BCUT2D eigenvalue weighted by atomic mass is 10.1. The quantitative estimate of drug-likeness (QED) is 0.876. The Labute approximate surface area is 99.2 Å². The van der Waals surface area contributed by atoms with Crippen LogP contribution in [0.15, 0.2) is 39.6 Å². The average Bonchev–Trinajstić information content (AvgIpc) is 2.24. The van der Waals surface area contributed by atoms with E-state index in [1.165, 1.54) is 6.07 Å². The predicted octanol–water partition coefficient (Wildman–Crippen LogP) is 2.85. The first-order valence-corrected chi connectivity index (χ1v) is 5.35. The molecule has 2 rings (SSSR count). The van der Waals surface area contributed by atoms with Crippen LogP contribution in [0.3, 0.4) is 0 Å². The van der Waals surface area contributed by atoms with Crippen LogP contribution in [0.1, 0.15) is 0 Å². The second-order valence-electron chi connectivity index (χ2n) is 2.91. The van der Waals surface area contributed by atoms with Gasteiger partial charge in [-0.2, -0.15) is 5.10 Å². The molecule has 0 aliphatic heterocycles. The summed E-state index contributed by atoms with van der Waals surface area (Å²) in [6.07, 6.45) is 0. The lowest BCUT2D eigenvalue weighted by Crippen LogP contribution is -2.05. The van der Waals surface area contributed by atoms with Crippen LogP contribution in [0.4, 0.5) is 0 Å². The molecule has 3 nitrogen and oxygen atoms in total. The molecule has 1 N–H and O–H groups in total. The number of hydrogen-bond acceptors (Lipinski definition) is 2. The molecule has 2 aromatic rings. The fraction of sp³-hybridized carbons (Fsp3) is 0. The minimum absolute atomic E-state index is 0.225. The lowest BCUT2D eigenvalue weighted by Gasteiger charge is -2.03. The van der Waals surface area contributed by atoms with E-state index < -0.39 is 0 Å². The molecule has 1 aromatic carbocycles. The summed E-state index contributed by atoms with van der Waals surface area (Å²) in [6, 6.07) is 8.55. The van der Waals surface area contributed by atoms with E-state index in [1.54, 1.807) is 12.1 Å². The number of aromatic amines is 1. The summed E-state index contributed by atoms with van der Waals surface area (Å²) < 4.78 is 0.770. The van der Waals surface area contributed by atoms with Gasteiger partial charge in [-0.1, -0.05) is 23.7 Å². The van der Waals surface area contributed by atoms with Crippen LogP contribution in [-0.2, 0) is 0 Å². The molecule has 5 heteroatoms. The molecule has 15 heavy (non-hydrogen) atoms. The highest BCUT2D eigenvalue weighted by atomic mass is 79.9. The maximum Gasteiger partial charge on any atom is 0.264 e. The highest BCUT2D eigenvalue weighted by molar-refractivity contribution is 9.10. The van der Waals surface area contributed by atoms with Crippen molar-refractivity contribution in [3.8, 4) is 11.3 Å². The van der Waals surface area contributed by atoms with Crippen LogP contribution in [0.25, 0.3) is 11.3 Å². The monoisotopic (exact) mass is 284 g/mol. The summed E-state index contributed by atoms with van der Waals surface area (Å²) in [5, 5.41) is 6.91. The fourth-order valence-corrected chi connectivity index (χ4v) is 1.84. The van der Waals surface area contributed by atoms with E-state index >= 15 is 0 Å². The van der Waals surface area contributed by atoms with Gasteiger partial charge in [-0.3, -0.25) is 4.79 Å². The molecular weight excluding hydrogens is 279 g/mol. The van der Waals surface area contributed by atoms with Crippen molar-refractivity contribution in [1.29, 1.82) is 0 Å². The van der Waals surface area contributed by atoms with E-state index in [1.807, 2.05) is 12.1 Å². The fourth-order valence-electron chi connectivity index (χ4n) is 1.20. The maximum atomic E-state index is 10.8. The number of rotatable bonds is 1. The van der Waals surface area contributed by atoms with Gasteiger partial charge in [0, 0.05) is 16.1 Å². The van der Waals surface area contributed by atoms with Crippen LogP contribution in [0.2, 0.25) is 5.02 Å². The van der Waals surface area contributed by atoms with Gasteiger partial charge in [-0.15, -0.1) is 0 Å². The van der Waals surface area contributed by atoms with Gasteiger partial charge in [-0.25, -0.2) is 5.10 Å². The Morgan fingerprint density at radius 1 is 1.27 bits per heavy atom. The van der Waals surface area contributed by atoms with Crippen molar-refractivity contribution in [2.24, 2.45) is 0 Å². The largest absolute Gasteiger partial charge is 0.268 e. The molecule has 1 aromatic heterocycles. The van der Waals surface area contributed by atoms with Crippen molar-refractivity contribution in [3.63, 3.8) is 0 Å². The maximum absolute atomic E-state index is 10.8. The smallest absolute Gasteiger partial charge is 0.264 e. The van der Waals surface area contributed by atoms with Crippen LogP contribution in [0.5, 0.6) is 0 Å². The van der Waals surface area contributed by atoms with Gasteiger partial charge < -0.3 is 0 Å². The first kappa shape index (κ1) is 10.4. The molecule has 0 radical (unpaired) electrons. The van der Waals surface area contributed by atoms with Gasteiger partial charge in [0.25, 0.3) is 5.56 Å². The summed E-state index contributed by atoms with van der Waals surface area (Å²) in [6.45, 7) is 0. The van der Waals surface area contributed by atoms with Crippen molar-refractivity contribution in [2.45, 2.75) is 0 Å². The van der Waals surface area contributed by atoms with Crippen LogP contribution >= 0.6 is 27.5 Å². The van der Waals surface area contributed by atoms with Gasteiger partial charge in [0.05, 0.1) is 10.7 Å². The van der Waals surface area contributed by atoms with E-state index in [4.69, 9.17) is 11.6 Å². The second kappa shape index (κ2) is 4.16. The Morgan fingerprint density at radius 3 is 2.73 bits per heavy atom. The summed E-state index contributed by atoms with van der Waals surface area (Å²) >= 11 is 9.32.